The number of rotatable bonds is 4. The first kappa shape index (κ1) is 18.5. The van der Waals surface area contributed by atoms with Crippen molar-refractivity contribution in [1.29, 1.82) is 0 Å². The quantitative estimate of drug-likeness (QED) is 0.891. The zero-order chi connectivity index (χ0) is 19.3. The predicted octanol–water partition coefficient (Wildman–Crippen LogP) is 2.99. The van der Waals surface area contributed by atoms with E-state index in [1.54, 1.807) is 0 Å². The molecule has 2 aromatic rings. The van der Waals surface area contributed by atoms with Crippen LogP contribution in [0, 0.1) is 0 Å². The largest absolute Gasteiger partial charge is 0.341 e. The Morgan fingerprint density at radius 3 is 2.29 bits per heavy atom. The van der Waals surface area contributed by atoms with E-state index in [-0.39, 0.29) is 11.9 Å². The molecule has 0 saturated carbocycles. The van der Waals surface area contributed by atoms with E-state index in [2.05, 4.69) is 17.4 Å². The molecule has 1 unspecified atom stereocenters. The first-order valence-electron chi connectivity index (χ1n) is 10.2. The molecule has 5 nitrogen and oxygen atoms in total. The number of hydrogen-bond donors (Lipinski definition) is 1. The van der Waals surface area contributed by atoms with Gasteiger partial charge < -0.3 is 15.1 Å². The molecule has 2 aliphatic rings. The molecule has 3 amide bonds. The number of urea groups is 1. The van der Waals surface area contributed by atoms with Crippen LogP contribution in [-0.2, 0) is 24.2 Å². The zero-order valence-electron chi connectivity index (χ0n) is 16.1. The molecule has 2 aromatic carbocycles. The number of fused-ring (bicyclic) bond motifs is 1. The Kier molecular flexibility index (Phi) is 5.60. The SMILES string of the molecule is O=C(NC(Cc1ccccc1)C(=O)N1CCCC1)N1CCc2ccccc2C1. The highest BCUT2D eigenvalue weighted by atomic mass is 16.2. The second-order valence-electron chi connectivity index (χ2n) is 7.66. The monoisotopic (exact) mass is 377 g/mol. The van der Waals surface area contributed by atoms with E-state index in [1.807, 2.05) is 52.3 Å². The van der Waals surface area contributed by atoms with Crippen LogP contribution >= 0.6 is 0 Å². The van der Waals surface area contributed by atoms with E-state index in [0.717, 1.165) is 37.9 Å². The van der Waals surface area contributed by atoms with E-state index in [1.165, 1.54) is 11.1 Å². The molecule has 1 saturated heterocycles. The minimum Gasteiger partial charge on any atom is -0.341 e. The van der Waals surface area contributed by atoms with Crippen LogP contribution in [0.15, 0.2) is 54.6 Å². The summed E-state index contributed by atoms with van der Waals surface area (Å²) in [6, 6.07) is 17.5. The lowest BCUT2D eigenvalue weighted by Crippen LogP contribution is -2.53. The number of carbonyl (C=O) groups is 2. The van der Waals surface area contributed by atoms with Crippen molar-refractivity contribution in [2.45, 2.75) is 38.3 Å². The van der Waals surface area contributed by atoms with Gasteiger partial charge in [-0.3, -0.25) is 4.79 Å². The Bertz CT molecular complexity index is 831. The van der Waals surface area contributed by atoms with Gasteiger partial charge in [-0.1, -0.05) is 54.6 Å². The Morgan fingerprint density at radius 2 is 1.54 bits per heavy atom. The molecule has 5 heteroatoms. The maximum atomic E-state index is 13.1. The first-order valence-corrected chi connectivity index (χ1v) is 10.2. The van der Waals surface area contributed by atoms with Crippen molar-refractivity contribution in [2.24, 2.45) is 0 Å². The van der Waals surface area contributed by atoms with E-state index in [4.69, 9.17) is 0 Å². The van der Waals surface area contributed by atoms with Crippen molar-refractivity contribution in [3.63, 3.8) is 0 Å². The van der Waals surface area contributed by atoms with Crippen molar-refractivity contribution in [1.82, 2.24) is 15.1 Å². The smallest absolute Gasteiger partial charge is 0.318 e. The fraction of sp³-hybridized carbons (Fsp3) is 0.391. The molecule has 0 radical (unpaired) electrons. The maximum absolute atomic E-state index is 13.1. The normalized spacial score (nSPS) is 17.1. The Hall–Kier alpha value is -2.82. The summed E-state index contributed by atoms with van der Waals surface area (Å²) in [5, 5.41) is 3.04. The summed E-state index contributed by atoms with van der Waals surface area (Å²) in [4.78, 5) is 29.7. The third-order valence-electron chi connectivity index (χ3n) is 5.71. The van der Waals surface area contributed by atoms with Crippen LogP contribution in [0.2, 0.25) is 0 Å². The third-order valence-corrected chi connectivity index (χ3v) is 5.71. The van der Waals surface area contributed by atoms with E-state index >= 15 is 0 Å². The van der Waals surface area contributed by atoms with Crippen LogP contribution in [0.1, 0.15) is 29.5 Å². The lowest BCUT2D eigenvalue weighted by Gasteiger charge is -2.31. The van der Waals surface area contributed by atoms with E-state index in [9.17, 15) is 9.59 Å². The van der Waals surface area contributed by atoms with Gasteiger partial charge in [0.05, 0.1) is 0 Å². The number of nitrogens with zero attached hydrogens (tertiary/aromatic N) is 2. The zero-order valence-corrected chi connectivity index (χ0v) is 16.1. The number of nitrogens with one attached hydrogen (secondary N) is 1. The van der Waals surface area contributed by atoms with E-state index < -0.39 is 6.04 Å². The molecule has 28 heavy (non-hydrogen) atoms. The standard InChI is InChI=1S/C23H27N3O2/c27-22(25-13-6-7-14-25)21(16-18-8-2-1-3-9-18)24-23(28)26-15-12-19-10-4-5-11-20(19)17-26/h1-5,8-11,21H,6-7,12-17H2,(H,24,28). The van der Waals surface area contributed by atoms with Gasteiger partial charge in [0.15, 0.2) is 0 Å². The van der Waals surface area contributed by atoms with Gasteiger partial charge >= 0.3 is 6.03 Å². The predicted molar refractivity (Wildman–Crippen MR) is 109 cm³/mol. The van der Waals surface area contributed by atoms with Crippen LogP contribution in [0.25, 0.3) is 0 Å². The molecular formula is C23H27N3O2. The average molecular weight is 377 g/mol. The molecule has 1 N–H and O–H groups in total. The first-order chi connectivity index (χ1) is 13.7. The van der Waals surface area contributed by atoms with Crippen molar-refractivity contribution >= 4 is 11.9 Å². The Morgan fingerprint density at radius 1 is 0.857 bits per heavy atom. The van der Waals surface area contributed by atoms with Crippen LogP contribution in [0.4, 0.5) is 4.79 Å². The molecule has 4 rings (SSSR count). The summed E-state index contributed by atoms with van der Waals surface area (Å²) in [5.74, 6) is 0.0344. The minimum absolute atomic E-state index is 0.0344. The van der Waals surface area contributed by atoms with Gasteiger partial charge in [0.2, 0.25) is 5.91 Å². The molecular weight excluding hydrogens is 350 g/mol. The summed E-state index contributed by atoms with van der Waals surface area (Å²) in [6.45, 7) is 2.85. The van der Waals surface area contributed by atoms with Crippen molar-refractivity contribution in [3.8, 4) is 0 Å². The molecule has 1 atom stereocenters. The number of benzene rings is 2. The van der Waals surface area contributed by atoms with Gasteiger partial charge in [0.25, 0.3) is 0 Å². The fourth-order valence-electron chi connectivity index (χ4n) is 4.12. The molecule has 1 fully saturated rings. The molecule has 146 valence electrons. The lowest BCUT2D eigenvalue weighted by molar-refractivity contribution is -0.132. The van der Waals surface area contributed by atoms with Gasteiger partial charge in [-0.2, -0.15) is 0 Å². The molecule has 2 heterocycles. The van der Waals surface area contributed by atoms with Gasteiger partial charge in [0.1, 0.15) is 6.04 Å². The number of carbonyl (C=O) groups excluding carboxylic acids is 2. The summed E-state index contributed by atoms with van der Waals surface area (Å²) < 4.78 is 0. The second kappa shape index (κ2) is 8.46. The average Bonchev–Trinajstić information content (AvgIpc) is 3.28. The third kappa shape index (κ3) is 4.19. The van der Waals surface area contributed by atoms with Crippen molar-refractivity contribution in [3.05, 3.63) is 71.3 Å². The number of hydrogen-bond acceptors (Lipinski definition) is 2. The van der Waals surface area contributed by atoms with Crippen LogP contribution in [0.3, 0.4) is 0 Å². The molecule has 2 aliphatic heterocycles. The molecule has 0 aromatic heterocycles. The lowest BCUT2D eigenvalue weighted by atomic mass is 10.00. The van der Waals surface area contributed by atoms with Crippen LogP contribution < -0.4 is 5.32 Å². The van der Waals surface area contributed by atoms with Gasteiger partial charge in [0, 0.05) is 32.6 Å². The van der Waals surface area contributed by atoms with Crippen LogP contribution in [-0.4, -0.2) is 47.4 Å². The summed E-state index contributed by atoms with van der Waals surface area (Å²) >= 11 is 0. The fourth-order valence-corrected chi connectivity index (χ4v) is 4.12. The van der Waals surface area contributed by atoms with Crippen molar-refractivity contribution in [2.75, 3.05) is 19.6 Å². The van der Waals surface area contributed by atoms with Gasteiger partial charge in [-0.05, 0) is 36.0 Å². The van der Waals surface area contributed by atoms with Crippen LogP contribution in [0.5, 0.6) is 0 Å². The highest BCUT2D eigenvalue weighted by molar-refractivity contribution is 5.87. The van der Waals surface area contributed by atoms with Crippen molar-refractivity contribution < 1.29 is 9.59 Å². The molecule has 0 bridgehead atoms. The topological polar surface area (TPSA) is 52.7 Å². The summed E-state index contributed by atoms with van der Waals surface area (Å²) in [6.07, 6.45) is 3.46. The summed E-state index contributed by atoms with van der Waals surface area (Å²) in [5.41, 5.74) is 3.55. The summed E-state index contributed by atoms with van der Waals surface area (Å²) in [7, 11) is 0. The van der Waals surface area contributed by atoms with Gasteiger partial charge in [-0.25, -0.2) is 4.79 Å². The minimum atomic E-state index is -0.523. The molecule has 0 spiro atoms. The highest BCUT2D eigenvalue weighted by Crippen LogP contribution is 2.19. The maximum Gasteiger partial charge on any atom is 0.318 e. The van der Waals surface area contributed by atoms with E-state index in [0.29, 0.717) is 19.5 Å². The van der Waals surface area contributed by atoms with Gasteiger partial charge in [-0.15, -0.1) is 0 Å². The molecule has 0 aliphatic carbocycles. The Balaban J connectivity index is 1.47. The number of amides is 3. The highest BCUT2D eigenvalue weighted by Gasteiger charge is 2.30. The Labute approximate surface area is 166 Å². The number of likely N-dealkylation sites (tertiary alicyclic amines) is 1. The second-order valence-corrected chi connectivity index (χ2v) is 7.66.